The summed E-state index contributed by atoms with van der Waals surface area (Å²) in [4.78, 5) is 2.28. The van der Waals surface area contributed by atoms with Gasteiger partial charge in [-0.15, -0.1) is 0 Å². The van der Waals surface area contributed by atoms with Gasteiger partial charge in [-0.1, -0.05) is 128 Å². The molecule has 65 heavy (non-hydrogen) atoms. The van der Waals surface area contributed by atoms with Crippen molar-refractivity contribution in [3.8, 4) is 51.6 Å². The highest BCUT2D eigenvalue weighted by Gasteiger charge is 2.34. The summed E-state index contributed by atoms with van der Waals surface area (Å²) in [5.41, 5.74) is 18.2. The molecule has 0 N–H and O–H groups in total. The topological polar surface area (TPSA) is 87.8 Å². The van der Waals surface area contributed by atoms with Crippen molar-refractivity contribution in [1.82, 2.24) is 0 Å². The average molecular weight is 831 g/mol. The number of furan rings is 1. The molecule has 5 nitrogen and oxygen atoms in total. The summed E-state index contributed by atoms with van der Waals surface area (Å²) in [6.07, 6.45) is 0. The zero-order chi connectivity index (χ0) is 44.0. The number of fused-ring (bicyclic) bond motifs is 5. The van der Waals surface area contributed by atoms with Crippen molar-refractivity contribution < 1.29 is 4.42 Å². The van der Waals surface area contributed by atoms with Crippen LogP contribution in [-0.2, 0) is 0 Å². The number of hydrogen-bond donors (Lipinski definition) is 0. The van der Waals surface area contributed by atoms with E-state index in [2.05, 4.69) is 157 Å². The van der Waals surface area contributed by atoms with Crippen LogP contribution in [-0.4, -0.2) is 0 Å². The maximum absolute atomic E-state index is 10.5. The summed E-state index contributed by atoms with van der Waals surface area (Å²) < 4.78 is 6.42. The first-order valence-corrected chi connectivity index (χ1v) is 21.7. The molecule has 2 atom stereocenters. The number of anilines is 3. The van der Waals surface area contributed by atoms with Crippen molar-refractivity contribution in [3.05, 3.63) is 245 Å². The van der Waals surface area contributed by atoms with Crippen LogP contribution in [0, 0.1) is 34.0 Å². The summed E-state index contributed by atoms with van der Waals surface area (Å²) in [6, 6.07) is 75.6. The van der Waals surface area contributed by atoms with E-state index in [1.54, 1.807) is 0 Å². The van der Waals surface area contributed by atoms with Crippen LogP contribution in [0.1, 0.15) is 63.3 Å². The van der Waals surface area contributed by atoms with Crippen molar-refractivity contribution >= 4 is 39.0 Å². The Morgan fingerprint density at radius 3 is 1.65 bits per heavy atom. The van der Waals surface area contributed by atoms with Gasteiger partial charge in [0.25, 0.3) is 0 Å². The monoisotopic (exact) mass is 830 g/mol. The lowest BCUT2D eigenvalue weighted by Crippen LogP contribution is -2.19. The summed E-state index contributed by atoms with van der Waals surface area (Å²) in [5.74, 6) is -0.256. The first-order chi connectivity index (χ1) is 32.0. The molecule has 0 bridgehead atoms. The lowest BCUT2D eigenvalue weighted by molar-refractivity contribution is 0.670. The van der Waals surface area contributed by atoms with Crippen LogP contribution in [0.15, 0.2) is 205 Å². The molecule has 2 unspecified atom stereocenters. The van der Waals surface area contributed by atoms with Crippen molar-refractivity contribution in [1.29, 1.82) is 15.8 Å². The minimum Gasteiger partial charge on any atom is -0.455 e. The predicted octanol–water partition coefficient (Wildman–Crippen LogP) is 15.3. The third-order valence-electron chi connectivity index (χ3n) is 13.0. The molecule has 10 aromatic rings. The van der Waals surface area contributed by atoms with Crippen molar-refractivity contribution in [2.24, 2.45) is 0 Å². The van der Waals surface area contributed by atoms with Gasteiger partial charge in [-0.05, 0) is 134 Å². The fourth-order valence-electron chi connectivity index (χ4n) is 9.86. The largest absolute Gasteiger partial charge is 0.455 e. The minimum atomic E-state index is -0.236. The van der Waals surface area contributed by atoms with E-state index < -0.39 is 0 Å². The standard InChI is InChI=1S/C60H38N4O/c1-38-50-31-16-40(36-62)32-55(50)59(46-17-14-39(35-61)15-18-46)56-34-41(37-63)33-54(58(38)56)45-23-29-49(30-24-45)64(47-25-19-43(20-26-47)42-8-3-2-4-9-42)48-27-21-44(22-28-48)51-11-7-12-53-52-10-5-6-13-57(52)65-60(51)53/h2-34,38,59H,1H3. The van der Waals surface area contributed by atoms with Gasteiger partial charge in [-0.2, -0.15) is 15.8 Å². The number of nitrogens with zero attached hydrogens (tertiary/aromatic N) is 4. The number of nitriles is 3. The highest BCUT2D eigenvalue weighted by molar-refractivity contribution is 6.09. The van der Waals surface area contributed by atoms with Crippen LogP contribution in [0.5, 0.6) is 0 Å². The second-order valence-electron chi connectivity index (χ2n) is 16.6. The summed E-state index contributed by atoms with van der Waals surface area (Å²) in [7, 11) is 0. The highest BCUT2D eigenvalue weighted by atomic mass is 16.3. The smallest absolute Gasteiger partial charge is 0.143 e. The Labute approximate surface area is 377 Å². The second kappa shape index (κ2) is 16.1. The van der Waals surface area contributed by atoms with Crippen LogP contribution in [0.25, 0.3) is 55.3 Å². The van der Waals surface area contributed by atoms with E-state index in [0.29, 0.717) is 16.7 Å². The molecule has 304 valence electrons. The van der Waals surface area contributed by atoms with Gasteiger partial charge in [0.15, 0.2) is 0 Å². The van der Waals surface area contributed by atoms with Crippen LogP contribution < -0.4 is 4.90 Å². The molecule has 0 amide bonds. The molecular formula is C60H38N4O. The number of benzene rings is 9. The molecule has 0 saturated carbocycles. The summed E-state index contributed by atoms with van der Waals surface area (Å²) >= 11 is 0. The number of para-hydroxylation sites is 2. The van der Waals surface area contributed by atoms with E-state index in [4.69, 9.17) is 4.42 Å². The number of hydrogen-bond acceptors (Lipinski definition) is 5. The molecular weight excluding hydrogens is 793 g/mol. The van der Waals surface area contributed by atoms with E-state index in [-0.39, 0.29) is 11.8 Å². The average Bonchev–Trinajstić information content (AvgIpc) is 3.76. The van der Waals surface area contributed by atoms with Gasteiger partial charge >= 0.3 is 0 Å². The molecule has 1 aromatic heterocycles. The first-order valence-electron chi connectivity index (χ1n) is 21.7. The lowest BCUT2D eigenvalue weighted by Gasteiger charge is -2.35. The first kappa shape index (κ1) is 38.9. The third-order valence-corrected chi connectivity index (χ3v) is 13.0. The Morgan fingerprint density at radius 1 is 0.431 bits per heavy atom. The van der Waals surface area contributed by atoms with E-state index >= 15 is 0 Å². The van der Waals surface area contributed by atoms with Crippen LogP contribution >= 0.6 is 0 Å². The zero-order valence-corrected chi connectivity index (χ0v) is 35.4. The van der Waals surface area contributed by atoms with Gasteiger partial charge in [0, 0.05) is 45.2 Å². The number of rotatable bonds is 7. The van der Waals surface area contributed by atoms with Crippen LogP contribution in [0.2, 0.25) is 0 Å². The fourth-order valence-corrected chi connectivity index (χ4v) is 9.86. The third kappa shape index (κ3) is 6.79. The molecule has 1 aliphatic carbocycles. The van der Waals surface area contributed by atoms with Crippen molar-refractivity contribution in [2.45, 2.75) is 18.8 Å². The van der Waals surface area contributed by atoms with E-state index in [1.165, 1.54) is 0 Å². The van der Waals surface area contributed by atoms with E-state index in [1.807, 2.05) is 72.8 Å². The molecule has 0 spiro atoms. The Kier molecular flexibility index (Phi) is 9.62. The Bertz CT molecular complexity index is 3570. The van der Waals surface area contributed by atoms with Gasteiger partial charge in [-0.25, -0.2) is 0 Å². The Hall–Kier alpha value is -8.95. The van der Waals surface area contributed by atoms with Crippen LogP contribution in [0.3, 0.4) is 0 Å². The highest BCUT2D eigenvalue weighted by Crippen LogP contribution is 2.50. The van der Waals surface area contributed by atoms with Gasteiger partial charge in [-0.3, -0.25) is 0 Å². The molecule has 0 aliphatic heterocycles. The van der Waals surface area contributed by atoms with Crippen molar-refractivity contribution in [3.63, 3.8) is 0 Å². The maximum atomic E-state index is 10.5. The SMILES string of the molecule is CC1c2ccc(C#N)cc2C(c2ccc(C#N)cc2)c2cc(C#N)cc(-c3ccc(N(c4ccc(-c5ccccc5)cc4)c4ccc(-c5cccc6c5oc5ccccc56)cc4)cc3)c21. The van der Waals surface area contributed by atoms with Crippen molar-refractivity contribution in [2.75, 3.05) is 4.90 Å². The fraction of sp³-hybridized carbons (Fsp3) is 0.0500. The van der Waals surface area contributed by atoms with E-state index in [9.17, 15) is 15.8 Å². The lowest BCUT2D eigenvalue weighted by atomic mass is 9.68. The summed E-state index contributed by atoms with van der Waals surface area (Å²) in [6.45, 7) is 2.21. The normalized spacial score (nSPS) is 13.9. The summed E-state index contributed by atoms with van der Waals surface area (Å²) in [5, 5.41) is 32.2. The second-order valence-corrected chi connectivity index (χ2v) is 16.6. The van der Waals surface area contributed by atoms with E-state index in [0.717, 1.165) is 100 Å². The maximum Gasteiger partial charge on any atom is 0.143 e. The Morgan fingerprint density at radius 2 is 0.985 bits per heavy atom. The van der Waals surface area contributed by atoms with Crippen LogP contribution in [0.4, 0.5) is 17.1 Å². The molecule has 1 aliphatic rings. The van der Waals surface area contributed by atoms with Gasteiger partial charge in [0.1, 0.15) is 11.2 Å². The van der Waals surface area contributed by atoms with Gasteiger partial charge in [0.05, 0.1) is 34.9 Å². The molecule has 5 heteroatoms. The zero-order valence-electron chi connectivity index (χ0n) is 35.4. The molecule has 11 rings (SSSR count). The van der Waals surface area contributed by atoms with Gasteiger partial charge in [0.2, 0.25) is 0 Å². The molecule has 0 fully saturated rings. The van der Waals surface area contributed by atoms with Gasteiger partial charge < -0.3 is 9.32 Å². The quantitative estimate of drug-likeness (QED) is 0.160. The Balaban J connectivity index is 1.02. The molecule has 9 aromatic carbocycles. The molecule has 0 radical (unpaired) electrons. The minimum absolute atomic E-state index is 0.0200. The molecule has 1 heterocycles. The molecule has 0 saturated heterocycles. The predicted molar refractivity (Wildman–Crippen MR) is 260 cm³/mol.